The zero-order valence-electron chi connectivity index (χ0n) is 14.1. The monoisotopic (exact) mass is 374 g/mol. The van der Waals surface area contributed by atoms with Crippen LogP contribution in [0.5, 0.6) is 0 Å². The summed E-state index contributed by atoms with van der Waals surface area (Å²) in [5.41, 5.74) is 1.44. The second kappa shape index (κ2) is 7.12. The fourth-order valence-electron chi connectivity index (χ4n) is 2.77. The van der Waals surface area contributed by atoms with Gasteiger partial charge in [0, 0.05) is 24.2 Å². The van der Waals surface area contributed by atoms with Crippen LogP contribution in [-0.2, 0) is 16.6 Å². The molecule has 3 rings (SSSR count). The highest BCUT2D eigenvalue weighted by Crippen LogP contribution is 2.30. The van der Waals surface area contributed by atoms with Crippen molar-refractivity contribution in [2.24, 2.45) is 0 Å². The maximum absolute atomic E-state index is 13.4. The number of pyridine rings is 1. The molecule has 4 nitrogen and oxygen atoms in total. The molecule has 0 atom stereocenters. The number of hydrogen-bond acceptors (Lipinski definition) is 3. The molecule has 0 saturated heterocycles. The van der Waals surface area contributed by atoms with Crippen LogP contribution in [0.25, 0.3) is 10.9 Å². The lowest BCUT2D eigenvalue weighted by Gasteiger charge is -2.26. The van der Waals surface area contributed by atoms with Crippen molar-refractivity contribution < 1.29 is 8.42 Å². The number of fused-ring (bicyclic) bond motifs is 1. The van der Waals surface area contributed by atoms with Crippen molar-refractivity contribution in [1.29, 1.82) is 0 Å². The predicted octanol–water partition coefficient (Wildman–Crippen LogP) is 4.49. The second-order valence-electron chi connectivity index (χ2n) is 6.07. The Balaban J connectivity index is 2.12. The molecule has 0 aliphatic carbocycles. The average Bonchev–Trinajstić information content (AvgIpc) is 2.60. The number of nitrogens with zero attached hydrogens (tertiary/aromatic N) is 2. The van der Waals surface area contributed by atoms with Gasteiger partial charge in [-0.05, 0) is 43.7 Å². The highest BCUT2D eigenvalue weighted by molar-refractivity contribution is 7.89. The van der Waals surface area contributed by atoms with E-state index in [2.05, 4.69) is 4.98 Å². The number of rotatable bonds is 5. The third-order valence-corrected chi connectivity index (χ3v) is 6.41. The van der Waals surface area contributed by atoms with Gasteiger partial charge in [-0.1, -0.05) is 41.9 Å². The van der Waals surface area contributed by atoms with Gasteiger partial charge in [-0.25, -0.2) is 8.42 Å². The molecule has 0 N–H and O–H groups in total. The van der Waals surface area contributed by atoms with Crippen molar-refractivity contribution >= 4 is 32.5 Å². The molecule has 25 heavy (non-hydrogen) atoms. The van der Waals surface area contributed by atoms with Crippen molar-refractivity contribution in [3.05, 3.63) is 71.4 Å². The molecular weight excluding hydrogens is 356 g/mol. The molecule has 130 valence electrons. The van der Waals surface area contributed by atoms with E-state index >= 15 is 0 Å². The summed E-state index contributed by atoms with van der Waals surface area (Å²) in [4.78, 5) is 4.45. The van der Waals surface area contributed by atoms with Crippen molar-refractivity contribution in [2.45, 2.75) is 31.3 Å². The van der Waals surface area contributed by atoms with E-state index in [0.29, 0.717) is 22.5 Å². The molecule has 2 aromatic carbocycles. The molecule has 0 fully saturated rings. The van der Waals surface area contributed by atoms with Gasteiger partial charge < -0.3 is 0 Å². The summed E-state index contributed by atoms with van der Waals surface area (Å²) in [5, 5.41) is 0.974. The summed E-state index contributed by atoms with van der Waals surface area (Å²) in [5.74, 6) is 0. The molecular formula is C19H19ClN2O2S. The lowest BCUT2D eigenvalue weighted by molar-refractivity contribution is 0.348. The van der Waals surface area contributed by atoms with Crippen LogP contribution in [0.3, 0.4) is 0 Å². The van der Waals surface area contributed by atoms with Gasteiger partial charge in [0.1, 0.15) is 0 Å². The standard InChI is InChI=1S/C19H19ClN2O2S/c1-14(2)22(13-15-7-4-3-5-8-15)25(23,24)18-11-10-17(20)19-16(18)9-6-12-21-19/h3-12,14H,13H2,1-2H3. The van der Waals surface area contributed by atoms with Gasteiger partial charge in [0.2, 0.25) is 10.0 Å². The van der Waals surface area contributed by atoms with E-state index in [4.69, 9.17) is 11.6 Å². The van der Waals surface area contributed by atoms with Gasteiger partial charge >= 0.3 is 0 Å². The fraction of sp³-hybridized carbons (Fsp3) is 0.211. The molecule has 0 unspecified atom stereocenters. The van der Waals surface area contributed by atoms with Gasteiger partial charge in [0.15, 0.2) is 0 Å². The Morgan fingerprint density at radius 3 is 2.44 bits per heavy atom. The summed E-state index contributed by atoms with van der Waals surface area (Å²) in [6.07, 6.45) is 1.61. The van der Waals surface area contributed by atoms with Gasteiger partial charge in [-0.15, -0.1) is 0 Å². The maximum atomic E-state index is 13.4. The van der Waals surface area contributed by atoms with Crippen LogP contribution in [0, 0.1) is 0 Å². The van der Waals surface area contributed by atoms with Crippen molar-refractivity contribution in [3.63, 3.8) is 0 Å². The molecule has 0 amide bonds. The minimum absolute atomic E-state index is 0.187. The Labute approximate surface area is 153 Å². The summed E-state index contributed by atoms with van der Waals surface area (Å²) < 4.78 is 28.2. The van der Waals surface area contributed by atoms with E-state index in [1.165, 1.54) is 4.31 Å². The minimum atomic E-state index is -3.71. The average molecular weight is 375 g/mol. The number of benzene rings is 2. The molecule has 1 aromatic heterocycles. The summed E-state index contributed by atoms with van der Waals surface area (Å²) in [6.45, 7) is 4.05. The molecule has 3 aromatic rings. The maximum Gasteiger partial charge on any atom is 0.244 e. The van der Waals surface area contributed by atoms with Crippen LogP contribution < -0.4 is 0 Å². The Morgan fingerprint density at radius 2 is 1.76 bits per heavy atom. The molecule has 0 radical (unpaired) electrons. The second-order valence-corrected chi connectivity index (χ2v) is 8.34. The van der Waals surface area contributed by atoms with Gasteiger partial charge in [0.25, 0.3) is 0 Å². The lowest BCUT2D eigenvalue weighted by atomic mass is 10.2. The van der Waals surface area contributed by atoms with Gasteiger partial charge in [0.05, 0.1) is 15.4 Å². The number of sulfonamides is 1. The predicted molar refractivity (Wildman–Crippen MR) is 101 cm³/mol. The highest BCUT2D eigenvalue weighted by atomic mass is 35.5. The normalized spacial score (nSPS) is 12.2. The number of hydrogen-bond donors (Lipinski definition) is 0. The summed E-state index contributed by atoms with van der Waals surface area (Å²) in [7, 11) is -3.71. The first-order valence-corrected chi connectivity index (χ1v) is 9.82. The first kappa shape index (κ1) is 17.9. The Kier molecular flexibility index (Phi) is 5.08. The van der Waals surface area contributed by atoms with Crippen LogP contribution >= 0.6 is 11.6 Å². The highest BCUT2D eigenvalue weighted by Gasteiger charge is 2.29. The van der Waals surface area contributed by atoms with Crippen molar-refractivity contribution in [3.8, 4) is 0 Å². The third kappa shape index (κ3) is 3.54. The molecule has 0 aliphatic rings. The van der Waals surface area contributed by atoms with Crippen LogP contribution in [0.1, 0.15) is 19.4 Å². The van der Waals surface area contributed by atoms with Crippen LogP contribution in [-0.4, -0.2) is 23.7 Å². The smallest absolute Gasteiger partial charge is 0.244 e. The summed E-state index contributed by atoms with van der Waals surface area (Å²) >= 11 is 6.18. The Bertz CT molecular complexity index is 989. The van der Waals surface area contributed by atoms with Crippen LogP contribution in [0.4, 0.5) is 0 Å². The molecule has 0 saturated carbocycles. The first-order chi connectivity index (χ1) is 11.9. The lowest BCUT2D eigenvalue weighted by Crippen LogP contribution is -2.36. The van der Waals surface area contributed by atoms with E-state index in [0.717, 1.165) is 5.56 Å². The first-order valence-electron chi connectivity index (χ1n) is 8.00. The van der Waals surface area contributed by atoms with Crippen LogP contribution in [0.2, 0.25) is 5.02 Å². The summed E-state index contributed by atoms with van der Waals surface area (Å²) in [6, 6.07) is 16.0. The Hall–Kier alpha value is -1.95. The topological polar surface area (TPSA) is 50.3 Å². The van der Waals surface area contributed by atoms with E-state index in [9.17, 15) is 8.42 Å². The van der Waals surface area contributed by atoms with E-state index in [1.54, 1.807) is 30.5 Å². The third-order valence-electron chi connectivity index (χ3n) is 4.02. The quantitative estimate of drug-likeness (QED) is 0.661. The molecule has 1 heterocycles. The van der Waals surface area contributed by atoms with Crippen molar-refractivity contribution in [1.82, 2.24) is 9.29 Å². The largest absolute Gasteiger partial charge is 0.255 e. The Morgan fingerprint density at radius 1 is 1.04 bits per heavy atom. The fourth-order valence-corrected chi connectivity index (χ4v) is 4.79. The van der Waals surface area contributed by atoms with Crippen molar-refractivity contribution in [2.75, 3.05) is 0 Å². The molecule has 6 heteroatoms. The van der Waals surface area contributed by atoms with E-state index in [-0.39, 0.29) is 10.9 Å². The van der Waals surface area contributed by atoms with Gasteiger partial charge in [-0.2, -0.15) is 4.31 Å². The minimum Gasteiger partial charge on any atom is -0.255 e. The van der Waals surface area contributed by atoms with E-state index < -0.39 is 10.0 Å². The zero-order chi connectivity index (χ0) is 18.0. The van der Waals surface area contributed by atoms with Gasteiger partial charge in [-0.3, -0.25) is 4.98 Å². The van der Waals surface area contributed by atoms with Crippen LogP contribution in [0.15, 0.2) is 65.7 Å². The number of halogens is 1. The number of aromatic nitrogens is 1. The zero-order valence-corrected chi connectivity index (χ0v) is 15.6. The molecule has 0 bridgehead atoms. The van der Waals surface area contributed by atoms with E-state index in [1.807, 2.05) is 44.2 Å². The molecule has 0 aliphatic heterocycles. The molecule has 0 spiro atoms. The SMILES string of the molecule is CC(C)N(Cc1ccccc1)S(=O)(=O)c1ccc(Cl)c2ncccc12.